The summed E-state index contributed by atoms with van der Waals surface area (Å²) in [6, 6.07) is 0. The van der Waals surface area contributed by atoms with E-state index >= 15 is 0 Å². The normalized spacial score (nSPS) is 39.8. The average molecular weight is 681 g/mol. The molecular formula is C37H62O7P2. The van der Waals surface area contributed by atoms with E-state index in [2.05, 4.69) is 32.9 Å². The van der Waals surface area contributed by atoms with Crippen LogP contribution >= 0.6 is 14.7 Å². The van der Waals surface area contributed by atoms with Gasteiger partial charge in [0.05, 0.1) is 12.7 Å². The van der Waals surface area contributed by atoms with Crippen LogP contribution in [0.25, 0.3) is 0 Å². The van der Waals surface area contributed by atoms with Crippen LogP contribution in [-0.2, 0) is 32.4 Å². The molecule has 9 heteroatoms. The standard InChI is InChI=1S/C37H62O7P2/c1-26(12-10-9-11-23-40-4)30-15-16-31-29-14-13-27-24-28(19-21-36(27,2)32(29)20-22-37(30,31)3)42-35-18-17-33(44-46(7,8)39)34(43-35)25-41-45(5,6)38/h12-13,17-18,28-35H,9-11,14-16,19-25H2,1-8H3/b26-12+/t28-,29-,30+,31-,32-,33-,34+,35?,36-,37+/m0/s1. The maximum absolute atomic E-state index is 12.4. The molecule has 0 N–H and O–H groups in total. The molecule has 0 aromatic heterocycles. The Labute approximate surface area is 279 Å². The fourth-order valence-electron chi connectivity index (χ4n) is 10.0. The van der Waals surface area contributed by atoms with E-state index in [9.17, 15) is 9.13 Å². The van der Waals surface area contributed by atoms with E-state index in [0.717, 1.165) is 56.0 Å². The lowest BCUT2D eigenvalue weighted by atomic mass is 9.47. The zero-order valence-corrected chi connectivity index (χ0v) is 31.7. The number of methoxy groups -OCH3 is 1. The summed E-state index contributed by atoms with van der Waals surface area (Å²) in [4.78, 5) is 0. The van der Waals surface area contributed by atoms with Crippen molar-refractivity contribution in [2.45, 2.75) is 116 Å². The highest BCUT2D eigenvalue weighted by Crippen LogP contribution is 2.67. The minimum absolute atomic E-state index is 0.0813. The van der Waals surface area contributed by atoms with Gasteiger partial charge in [0, 0.05) is 40.4 Å². The molecule has 0 aromatic carbocycles. The van der Waals surface area contributed by atoms with Crippen molar-refractivity contribution in [1.82, 2.24) is 0 Å². The molecule has 3 fully saturated rings. The van der Waals surface area contributed by atoms with Gasteiger partial charge < -0.3 is 23.3 Å². The SMILES string of the molecule is COCCCC/C=C(\C)[C@H]1CC[C@H]2[C@@H]3CC=C4C[C@@H](OC5C=C[C@H](OP(C)(C)=O)[C@@H](COP(C)(C)=O)O5)CC[C@]4(C)[C@H]3CC[C@]12C. The molecule has 0 aromatic rings. The van der Waals surface area contributed by atoms with E-state index in [-0.39, 0.29) is 18.1 Å². The zero-order valence-electron chi connectivity index (χ0n) is 29.9. The molecule has 4 aliphatic carbocycles. The van der Waals surface area contributed by atoms with E-state index < -0.39 is 33.2 Å². The van der Waals surface area contributed by atoms with Gasteiger partial charge in [0.25, 0.3) is 0 Å². The molecule has 5 rings (SSSR count). The Balaban J connectivity index is 1.22. The van der Waals surface area contributed by atoms with Crippen LogP contribution in [0.3, 0.4) is 0 Å². The van der Waals surface area contributed by atoms with Crippen LogP contribution < -0.4 is 0 Å². The predicted octanol–water partition coefficient (Wildman–Crippen LogP) is 9.47. The molecule has 5 aliphatic rings. The summed E-state index contributed by atoms with van der Waals surface area (Å²) in [5, 5.41) is 0. The van der Waals surface area contributed by atoms with E-state index in [4.69, 9.17) is 23.3 Å². The van der Waals surface area contributed by atoms with Gasteiger partial charge in [-0.3, -0.25) is 9.13 Å². The maximum Gasteiger partial charge on any atom is 0.197 e. The minimum Gasteiger partial charge on any atom is -0.385 e. The Kier molecular flexibility index (Phi) is 11.8. The van der Waals surface area contributed by atoms with Crippen LogP contribution in [0.4, 0.5) is 0 Å². The Hall–Kier alpha value is -0.520. The molecule has 0 radical (unpaired) electrons. The summed E-state index contributed by atoms with van der Waals surface area (Å²) in [5.41, 5.74) is 3.90. The largest absolute Gasteiger partial charge is 0.385 e. The first-order valence-electron chi connectivity index (χ1n) is 17.9. The van der Waals surface area contributed by atoms with Gasteiger partial charge in [-0.25, -0.2) is 0 Å². The molecule has 0 spiro atoms. The van der Waals surface area contributed by atoms with Gasteiger partial charge in [-0.2, -0.15) is 0 Å². The van der Waals surface area contributed by atoms with Gasteiger partial charge in [-0.1, -0.05) is 43.2 Å². The molecule has 0 bridgehead atoms. The number of unbranched alkanes of at least 4 members (excludes halogenated alkanes) is 2. The molecule has 46 heavy (non-hydrogen) atoms. The van der Waals surface area contributed by atoms with Crippen molar-refractivity contribution < 1.29 is 32.4 Å². The van der Waals surface area contributed by atoms with E-state index in [0.29, 0.717) is 5.41 Å². The van der Waals surface area contributed by atoms with Crippen molar-refractivity contribution in [2.75, 3.05) is 47.0 Å². The van der Waals surface area contributed by atoms with Gasteiger partial charge in [0.2, 0.25) is 0 Å². The third kappa shape index (κ3) is 8.43. The van der Waals surface area contributed by atoms with Gasteiger partial charge in [0.1, 0.15) is 12.2 Å². The topological polar surface area (TPSA) is 80.3 Å². The Morgan fingerprint density at radius 1 is 1.00 bits per heavy atom. The van der Waals surface area contributed by atoms with Crippen molar-refractivity contribution >= 4 is 14.7 Å². The van der Waals surface area contributed by atoms with Crippen LogP contribution in [0, 0.1) is 34.5 Å². The summed E-state index contributed by atoms with van der Waals surface area (Å²) >= 11 is 0. The average Bonchev–Trinajstić information content (AvgIpc) is 3.33. The molecular weight excluding hydrogens is 618 g/mol. The van der Waals surface area contributed by atoms with Crippen molar-refractivity contribution in [1.29, 1.82) is 0 Å². The molecule has 262 valence electrons. The van der Waals surface area contributed by atoms with Crippen molar-refractivity contribution in [3.63, 3.8) is 0 Å². The third-order valence-electron chi connectivity index (χ3n) is 12.3. The smallest absolute Gasteiger partial charge is 0.197 e. The van der Waals surface area contributed by atoms with Crippen LogP contribution in [0.1, 0.15) is 91.4 Å². The summed E-state index contributed by atoms with van der Waals surface area (Å²) < 4.78 is 54.3. The van der Waals surface area contributed by atoms with Gasteiger partial charge in [0.15, 0.2) is 21.0 Å². The first-order chi connectivity index (χ1) is 21.6. The molecule has 1 aliphatic heterocycles. The molecule has 1 unspecified atom stereocenters. The van der Waals surface area contributed by atoms with Crippen LogP contribution in [0.15, 0.2) is 35.5 Å². The second-order valence-corrected chi connectivity index (χ2v) is 21.6. The van der Waals surface area contributed by atoms with Crippen LogP contribution in [0.2, 0.25) is 0 Å². The Morgan fingerprint density at radius 3 is 2.50 bits per heavy atom. The molecule has 0 amide bonds. The fraction of sp³-hybridized carbons (Fsp3) is 0.838. The van der Waals surface area contributed by atoms with Crippen LogP contribution in [0.5, 0.6) is 0 Å². The molecule has 7 nitrogen and oxygen atoms in total. The Bertz CT molecular complexity index is 1250. The van der Waals surface area contributed by atoms with Crippen molar-refractivity contribution in [2.24, 2.45) is 34.5 Å². The quantitative estimate of drug-likeness (QED) is 0.109. The third-order valence-corrected chi connectivity index (χ3v) is 13.8. The number of ether oxygens (including phenoxy) is 3. The summed E-state index contributed by atoms with van der Waals surface area (Å²) in [6.07, 6.45) is 20.6. The van der Waals surface area contributed by atoms with Crippen molar-refractivity contribution in [3.8, 4) is 0 Å². The highest BCUT2D eigenvalue weighted by Gasteiger charge is 2.58. The lowest BCUT2D eigenvalue weighted by Gasteiger charge is -2.58. The van der Waals surface area contributed by atoms with E-state index in [1.807, 2.05) is 12.2 Å². The first-order valence-corrected chi connectivity index (χ1v) is 22.9. The highest BCUT2D eigenvalue weighted by atomic mass is 31.2. The minimum atomic E-state index is -2.77. The number of hydrogen-bond donors (Lipinski definition) is 0. The fourth-order valence-corrected chi connectivity index (χ4v) is 11.3. The second-order valence-electron chi connectivity index (χ2n) is 16.2. The van der Waals surface area contributed by atoms with Crippen LogP contribution in [-0.4, -0.2) is 71.6 Å². The van der Waals surface area contributed by atoms with Gasteiger partial charge in [-0.15, -0.1) is 0 Å². The lowest BCUT2D eigenvalue weighted by molar-refractivity contribution is -0.199. The molecule has 10 atom stereocenters. The molecule has 1 heterocycles. The van der Waals surface area contributed by atoms with Gasteiger partial charge >= 0.3 is 0 Å². The summed E-state index contributed by atoms with van der Waals surface area (Å²) in [5.74, 6) is 3.09. The summed E-state index contributed by atoms with van der Waals surface area (Å²) in [6.45, 7) is 14.9. The second kappa shape index (κ2) is 14.8. The first kappa shape index (κ1) is 36.8. The number of fused-ring (bicyclic) bond motifs is 5. The van der Waals surface area contributed by atoms with E-state index in [1.165, 1.54) is 44.9 Å². The monoisotopic (exact) mass is 680 g/mol. The molecule has 0 saturated heterocycles. The molecule has 3 saturated carbocycles. The predicted molar refractivity (Wildman–Crippen MR) is 187 cm³/mol. The summed E-state index contributed by atoms with van der Waals surface area (Å²) in [7, 11) is -3.68. The maximum atomic E-state index is 12.4. The lowest BCUT2D eigenvalue weighted by Crippen LogP contribution is -2.51. The zero-order chi connectivity index (χ0) is 33.3. The number of hydrogen-bond acceptors (Lipinski definition) is 7. The highest BCUT2D eigenvalue weighted by molar-refractivity contribution is 7.57. The van der Waals surface area contributed by atoms with Gasteiger partial charge in [-0.05, 0) is 118 Å². The van der Waals surface area contributed by atoms with Crippen molar-refractivity contribution in [3.05, 3.63) is 35.5 Å². The number of allylic oxidation sites excluding steroid dienone is 3. The Morgan fingerprint density at radius 2 is 1.78 bits per heavy atom. The van der Waals surface area contributed by atoms with E-state index in [1.54, 1.807) is 44.9 Å². The number of rotatable bonds is 13.